The number of hydrogen-bond acceptors (Lipinski definition) is 3. The zero-order valence-corrected chi connectivity index (χ0v) is 11.6. The van der Waals surface area contributed by atoms with Crippen LogP contribution in [0.1, 0.15) is 39.9 Å². The minimum absolute atomic E-state index is 0.240. The molecule has 104 valence electrons. The number of aliphatic carboxylic acids is 1. The third kappa shape index (κ3) is 2.45. The van der Waals surface area contributed by atoms with E-state index in [1.807, 2.05) is 0 Å². The molecular weight excluding hydrogens is 277 g/mol. The standard InChI is InChI=1S/C15H14FNO2S/c16-11-6-2-1-4-9(11)8-13-17-14-10(15(18)19)5-3-7-12(14)20-13/h1-2,4,6,10H,3,5,7-8H2,(H,18,19). The summed E-state index contributed by atoms with van der Waals surface area (Å²) in [5, 5.41) is 10.0. The molecule has 1 aromatic carbocycles. The number of fused-ring (bicyclic) bond motifs is 1. The number of nitrogens with zero attached hydrogens (tertiary/aromatic N) is 1. The van der Waals surface area contributed by atoms with Crippen molar-refractivity contribution in [2.24, 2.45) is 0 Å². The van der Waals surface area contributed by atoms with Gasteiger partial charge in [0.15, 0.2) is 0 Å². The van der Waals surface area contributed by atoms with Crippen molar-refractivity contribution in [2.75, 3.05) is 0 Å². The molecule has 0 bridgehead atoms. The van der Waals surface area contributed by atoms with Crippen LogP contribution < -0.4 is 0 Å². The summed E-state index contributed by atoms with van der Waals surface area (Å²) in [6.45, 7) is 0. The van der Waals surface area contributed by atoms with Crippen LogP contribution in [0, 0.1) is 5.82 Å². The van der Waals surface area contributed by atoms with Crippen LogP contribution in [-0.2, 0) is 17.6 Å². The number of aryl methyl sites for hydroxylation is 1. The Morgan fingerprint density at radius 3 is 3.00 bits per heavy atom. The molecule has 0 aliphatic heterocycles. The van der Waals surface area contributed by atoms with Crippen LogP contribution in [-0.4, -0.2) is 16.1 Å². The van der Waals surface area contributed by atoms with E-state index < -0.39 is 11.9 Å². The van der Waals surface area contributed by atoms with Gasteiger partial charge in [-0.15, -0.1) is 11.3 Å². The van der Waals surface area contributed by atoms with Crippen molar-refractivity contribution in [3.05, 3.63) is 51.2 Å². The van der Waals surface area contributed by atoms with Crippen LogP contribution in [0.5, 0.6) is 0 Å². The largest absolute Gasteiger partial charge is 0.481 e. The lowest BCUT2D eigenvalue weighted by Crippen LogP contribution is -2.17. The Labute approximate surface area is 120 Å². The number of hydrogen-bond donors (Lipinski definition) is 1. The van der Waals surface area contributed by atoms with Gasteiger partial charge >= 0.3 is 5.97 Å². The Kier molecular flexibility index (Phi) is 3.53. The Morgan fingerprint density at radius 2 is 2.25 bits per heavy atom. The Hall–Kier alpha value is -1.75. The molecule has 2 aromatic rings. The second-order valence-electron chi connectivity index (χ2n) is 4.97. The third-order valence-corrected chi connectivity index (χ3v) is 4.73. The van der Waals surface area contributed by atoms with E-state index in [0.717, 1.165) is 22.7 Å². The van der Waals surface area contributed by atoms with E-state index in [9.17, 15) is 14.3 Å². The van der Waals surface area contributed by atoms with Crippen molar-refractivity contribution < 1.29 is 14.3 Å². The first kappa shape index (κ1) is 13.2. The second kappa shape index (κ2) is 5.32. The zero-order valence-electron chi connectivity index (χ0n) is 10.8. The van der Waals surface area contributed by atoms with Crippen molar-refractivity contribution >= 4 is 17.3 Å². The molecule has 0 saturated heterocycles. The van der Waals surface area contributed by atoms with Crippen LogP contribution >= 0.6 is 11.3 Å². The molecule has 0 radical (unpaired) electrons. The summed E-state index contributed by atoms with van der Waals surface area (Å²) >= 11 is 1.52. The average molecular weight is 291 g/mol. The molecule has 20 heavy (non-hydrogen) atoms. The summed E-state index contributed by atoms with van der Waals surface area (Å²) in [4.78, 5) is 16.8. The first-order valence-corrected chi connectivity index (χ1v) is 7.41. The predicted molar refractivity (Wildman–Crippen MR) is 74.6 cm³/mol. The fourth-order valence-electron chi connectivity index (χ4n) is 2.59. The van der Waals surface area contributed by atoms with Gasteiger partial charge in [0.1, 0.15) is 5.82 Å². The maximum Gasteiger partial charge on any atom is 0.312 e. The molecule has 1 aliphatic carbocycles. The summed E-state index contributed by atoms with van der Waals surface area (Å²) in [6, 6.07) is 6.63. The molecule has 1 atom stereocenters. The Bertz CT molecular complexity index is 653. The highest BCUT2D eigenvalue weighted by Crippen LogP contribution is 2.35. The first-order valence-electron chi connectivity index (χ1n) is 6.60. The molecule has 0 amide bonds. The van der Waals surface area contributed by atoms with E-state index >= 15 is 0 Å². The lowest BCUT2D eigenvalue weighted by Gasteiger charge is -2.16. The van der Waals surface area contributed by atoms with Crippen molar-refractivity contribution in [1.29, 1.82) is 0 Å². The number of rotatable bonds is 3. The molecule has 0 saturated carbocycles. The fourth-order valence-corrected chi connectivity index (χ4v) is 3.78. The number of aromatic nitrogens is 1. The van der Waals surface area contributed by atoms with Crippen molar-refractivity contribution in [3.8, 4) is 0 Å². The molecule has 0 fully saturated rings. The topological polar surface area (TPSA) is 50.2 Å². The van der Waals surface area contributed by atoms with Crippen LogP contribution in [0.3, 0.4) is 0 Å². The van der Waals surface area contributed by atoms with Gasteiger partial charge in [0.2, 0.25) is 0 Å². The Morgan fingerprint density at radius 1 is 1.45 bits per heavy atom. The summed E-state index contributed by atoms with van der Waals surface area (Å²) in [6.07, 6.45) is 2.83. The van der Waals surface area contributed by atoms with Gasteiger partial charge in [-0.05, 0) is 30.9 Å². The third-order valence-electron chi connectivity index (χ3n) is 3.60. The number of benzene rings is 1. The van der Waals surface area contributed by atoms with Gasteiger partial charge in [-0.25, -0.2) is 9.37 Å². The molecule has 1 N–H and O–H groups in total. The van der Waals surface area contributed by atoms with E-state index in [4.69, 9.17) is 0 Å². The van der Waals surface area contributed by atoms with Gasteiger partial charge < -0.3 is 5.11 Å². The van der Waals surface area contributed by atoms with Gasteiger partial charge in [0, 0.05) is 11.3 Å². The molecule has 1 aromatic heterocycles. The molecule has 3 nitrogen and oxygen atoms in total. The SMILES string of the molecule is O=C(O)C1CCCc2sc(Cc3ccccc3F)nc21. The normalized spacial score (nSPS) is 17.8. The van der Waals surface area contributed by atoms with Crippen LogP contribution in [0.2, 0.25) is 0 Å². The van der Waals surface area contributed by atoms with Gasteiger partial charge in [-0.3, -0.25) is 4.79 Å². The van der Waals surface area contributed by atoms with Gasteiger partial charge in [0.25, 0.3) is 0 Å². The van der Waals surface area contributed by atoms with Gasteiger partial charge in [-0.1, -0.05) is 18.2 Å². The molecule has 0 spiro atoms. The molecule has 1 heterocycles. The van der Waals surface area contributed by atoms with Crippen LogP contribution in [0.4, 0.5) is 4.39 Å². The highest BCUT2D eigenvalue weighted by molar-refractivity contribution is 7.11. The molecule has 1 aliphatic rings. The predicted octanol–water partition coefficient (Wildman–Crippen LogP) is 3.38. The first-order chi connectivity index (χ1) is 9.65. The maximum atomic E-state index is 13.6. The average Bonchev–Trinajstić information content (AvgIpc) is 2.83. The van der Waals surface area contributed by atoms with Crippen LogP contribution in [0.25, 0.3) is 0 Å². The fraction of sp³-hybridized carbons (Fsp3) is 0.333. The van der Waals surface area contributed by atoms with E-state index in [0.29, 0.717) is 24.1 Å². The quantitative estimate of drug-likeness (QED) is 0.943. The van der Waals surface area contributed by atoms with E-state index in [1.54, 1.807) is 18.2 Å². The van der Waals surface area contributed by atoms with Gasteiger partial charge in [0.05, 0.1) is 16.6 Å². The highest BCUT2D eigenvalue weighted by atomic mass is 32.1. The number of halogens is 1. The maximum absolute atomic E-state index is 13.6. The van der Waals surface area contributed by atoms with E-state index in [1.165, 1.54) is 17.4 Å². The van der Waals surface area contributed by atoms with E-state index in [-0.39, 0.29) is 5.82 Å². The number of carboxylic acids is 1. The zero-order chi connectivity index (χ0) is 14.1. The van der Waals surface area contributed by atoms with Gasteiger partial charge in [-0.2, -0.15) is 0 Å². The molecule has 5 heteroatoms. The number of carbonyl (C=O) groups is 1. The monoisotopic (exact) mass is 291 g/mol. The highest BCUT2D eigenvalue weighted by Gasteiger charge is 2.29. The van der Waals surface area contributed by atoms with Crippen molar-refractivity contribution in [1.82, 2.24) is 4.98 Å². The summed E-state index contributed by atoms with van der Waals surface area (Å²) in [7, 11) is 0. The summed E-state index contributed by atoms with van der Waals surface area (Å²) in [5.74, 6) is -1.55. The molecule has 1 unspecified atom stereocenters. The van der Waals surface area contributed by atoms with Crippen molar-refractivity contribution in [2.45, 2.75) is 31.6 Å². The summed E-state index contributed by atoms with van der Waals surface area (Å²) < 4.78 is 13.6. The number of carboxylic acid groups (broad SMARTS) is 1. The van der Waals surface area contributed by atoms with E-state index in [2.05, 4.69) is 4.98 Å². The Balaban J connectivity index is 1.90. The lowest BCUT2D eigenvalue weighted by molar-refractivity contribution is -0.139. The lowest BCUT2D eigenvalue weighted by atomic mass is 9.91. The molecular formula is C15H14FNO2S. The summed E-state index contributed by atoms with van der Waals surface area (Å²) in [5.41, 5.74) is 1.30. The minimum Gasteiger partial charge on any atom is -0.481 e. The number of thiazole rings is 1. The molecule has 3 rings (SSSR count). The van der Waals surface area contributed by atoms with Crippen molar-refractivity contribution in [3.63, 3.8) is 0 Å². The second-order valence-corrected chi connectivity index (χ2v) is 6.14. The smallest absolute Gasteiger partial charge is 0.312 e. The van der Waals surface area contributed by atoms with Crippen LogP contribution in [0.15, 0.2) is 24.3 Å². The minimum atomic E-state index is -0.811.